The molecule has 0 atom stereocenters. The third-order valence-corrected chi connectivity index (χ3v) is 11.1. The summed E-state index contributed by atoms with van der Waals surface area (Å²) in [5, 5.41) is 2.81. The summed E-state index contributed by atoms with van der Waals surface area (Å²) in [6, 6.07) is 10.5. The molecule has 5 rings (SSSR count). The number of hydrogen-bond donors (Lipinski definition) is 3. The molecule has 2 aliphatic carbocycles. The molecule has 214 valence electrons. The number of benzene rings is 2. The third kappa shape index (κ3) is 6.20. The number of carbonyl (C=O) groups is 1. The zero-order valence-corrected chi connectivity index (χ0v) is 24.7. The Balaban J connectivity index is 1.44. The first-order valence-corrected chi connectivity index (χ1v) is 16.5. The van der Waals surface area contributed by atoms with Crippen LogP contribution < -0.4 is 19.7 Å². The van der Waals surface area contributed by atoms with Crippen LogP contribution in [0.3, 0.4) is 0 Å². The van der Waals surface area contributed by atoms with E-state index in [0.717, 1.165) is 25.9 Å². The quantitative estimate of drug-likeness (QED) is 0.405. The Morgan fingerprint density at radius 3 is 2.12 bits per heavy atom. The van der Waals surface area contributed by atoms with E-state index < -0.39 is 37.0 Å². The summed E-state index contributed by atoms with van der Waals surface area (Å²) in [4.78, 5) is 15.7. The van der Waals surface area contributed by atoms with Gasteiger partial charge in [0.2, 0.25) is 20.0 Å². The van der Waals surface area contributed by atoms with Crippen LogP contribution in [0.5, 0.6) is 0 Å². The van der Waals surface area contributed by atoms with Gasteiger partial charge in [-0.05, 0) is 101 Å². The Hall–Kier alpha value is -2.91. The van der Waals surface area contributed by atoms with E-state index in [-0.39, 0.29) is 9.79 Å². The maximum Gasteiger partial charge on any atom is 0.257 e. The molecule has 1 amide bonds. The van der Waals surface area contributed by atoms with E-state index in [4.69, 9.17) is 6.42 Å². The van der Waals surface area contributed by atoms with E-state index in [9.17, 15) is 21.6 Å². The van der Waals surface area contributed by atoms with Crippen LogP contribution in [-0.4, -0.2) is 46.9 Å². The van der Waals surface area contributed by atoms with Crippen molar-refractivity contribution in [2.75, 3.05) is 23.3 Å². The lowest BCUT2D eigenvalue weighted by molar-refractivity contribution is 0.102. The van der Waals surface area contributed by atoms with Crippen molar-refractivity contribution in [3.63, 3.8) is 0 Å². The molecule has 2 aromatic carbocycles. The second-order valence-corrected chi connectivity index (χ2v) is 15.7. The Morgan fingerprint density at radius 2 is 1.55 bits per heavy atom. The van der Waals surface area contributed by atoms with Crippen LogP contribution in [0, 0.1) is 17.8 Å². The highest BCUT2D eigenvalue weighted by Crippen LogP contribution is 2.54. The number of terminal acetylenes is 1. The zero-order chi connectivity index (χ0) is 29.0. The van der Waals surface area contributed by atoms with Gasteiger partial charge in [-0.15, -0.1) is 6.42 Å². The van der Waals surface area contributed by atoms with Gasteiger partial charge in [-0.2, -0.15) is 4.72 Å². The monoisotopic (exact) mass is 584 g/mol. The number of carbonyl (C=O) groups excluding carboxylic acids is 1. The molecule has 0 radical (unpaired) electrons. The number of anilines is 2. The van der Waals surface area contributed by atoms with E-state index in [0.29, 0.717) is 35.2 Å². The molecule has 3 N–H and O–H groups in total. The Labute approximate surface area is 237 Å². The molecule has 3 aliphatic rings. The van der Waals surface area contributed by atoms with Gasteiger partial charge in [0.25, 0.3) is 5.91 Å². The number of sulfonamides is 2. The molecule has 9 nitrogen and oxygen atoms in total. The Bertz CT molecular complexity index is 1590. The van der Waals surface area contributed by atoms with Crippen LogP contribution >= 0.6 is 0 Å². The Morgan fingerprint density at radius 1 is 0.900 bits per heavy atom. The van der Waals surface area contributed by atoms with E-state index in [1.165, 1.54) is 37.1 Å². The van der Waals surface area contributed by atoms with Gasteiger partial charge in [0, 0.05) is 24.3 Å². The van der Waals surface area contributed by atoms with Crippen LogP contribution in [0.4, 0.5) is 11.4 Å². The molecule has 11 heteroatoms. The summed E-state index contributed by atoms with van der Waals surface area (Å²) in [7, 11) is -7.70. The average Bonchev–Trinajstić information content (AvgIpc) is 3.81. The van der Waals surface area contributed by atoms with E-state index in [1.807, 2.05) is 0 Å². The summed E-state index contributed by atoms with van der Waals surface area (Å²) in [5.41, 5.74) is 0.0287. The van der Waals surface area contributed by atoms with Crippen LogP contribution in [-0.2, 0) is 20.0 Å². The van der Waals surface area contributed by atoms with Gasteiger partial charge in [-0.1, -0.05) is 12.0 Å². The molecule has 40 heavy (non-hydrogen) atoms. The van der Waals surface area contributed by atoms with Crippen molar-refractivity contribution >= 4 is 37.3 Å². The first kappa shape index (κ1) is 28.6. The van der Waals surface area contributed by atoms with Crippen molar-refractivity contribution in [3.05, 3.63) is 48.0 Å². The number of piperidine rings is 1. The van der Waals surface area contributed by atoms with Crippen molar-refractivity contribution < 1.29 is 21.6 Å². The highest BCUT2D eigenvalue weighted by Gasteiger charge is 2.46. The molecule has 2 saturated carbocycles. The van der Waals surface area contributed by atoms with Gasteiger partial charge in [0.1, 0.15) is 0 Å². The van der Waals surface area contributed by atoms with Crippen molar-refractivity contribution in [1.82, 2.24) is 9.44 Å². The van der Waals surface area contributed by atoms with Crippen molar-refractivity contribution in [3.8, 4) is 12.3 Å². The maximum absolute atomic E-state index is 13.6. The summed E-state index contributed by atoms with van der Waals surface area (Å²) < 4.78 is 57.3. The number of amides is 1. The molecule has 1 heterocycles. The molecule has 0 bridgehead atoms. The topological polar surface area (TPSA) is 125 Å². The van der Waals surface area contributed by atoms with Crippen LogP contribution in [0.15, 0.2) is 52.3 Å². The largest absolute Gasteiger partial charge is 0.371 e. The van der Waals surface area contributed by atoms with E-state index in [1.54, 1.807) is 39.0 Å². The molecule has 1 spiro atoms. The van der Waals surface area contributed by atoms with E-state index >= 15 is 0 Å². The molecule has 3 fully saturated rings. The number of nitrogens with zero attached hydrogens (tertiary/aromatic N) is 1. The Kier molecular flexibility index (Phi) is 7.06. The van der Waals surface area contributed by atoms with Gasteiger partial charge in [-0.25, -0.2) is 21.6 Å². The minimum atomic E-state index is -3.90. The van der Waals surface area contributed by atoms with Crippen LogP contribution in [0.1, 0.15) is 69.7 Å². The van der Waals surface area contributed by atoms with Crippen molar-refractivity contribution in [1.29, 1.82) is 0 Å². The molecular weight excluding hydrogens is 548 g/mol. The number of nitrogens with one attached hydrogen (secondary N) is 3. The minimum absolute atomic E-state index is 0.0289. The maximum atomic E-state index is 13.6. The van der Waals surface area contributed by atoms with Crippen LogP contribution in [0.2, 0.25) is 0 Å². The standard InChI is InChI=1S/C29H36N4O5S2/c1-5-29(13-14-29)32-40(37,38)23-9-10-24(25(20-23)33-17-15-28(11-12-28)16-18-33)26(34)30-21-7-6-8-22(19-21)39(35,36)31-27(2,3)4/h1,6-10,19-20,31-32H,11-18H2,2-4H3,(H,30,34). The lowest BCUT2D eigenvalue weighted by atomic mass is 9.93. The lowest BCUT2D eigenvalue weighted by Gasteiger charge is -2.35. The molecule has 0 aromatic heterocycles. The third-order valence-electron chi connectivity index (χ3n) is 7.84. The number of rotatable bonds is 8. The summed E-state index contributed by atoms with van der Waals surface area (Å²) in [6.45, 7) is 6.69. The molecule has 0 unspecified atom stereocenters. The summed E-state index contributed by atoms with van der Waals surface area (Å²) >= 11 is 0. The molecule has 2 aromatic rings. The fraction of sp³-hybridized carbons (Fsp3) is 0.483. The molecule has 1 aliphatic heterocycles. The highest BCUT2D eigenvalue weighted by atomic mass is 32.2. The van der Waals surface area contributed by atoms with E-state index in [2.05, 4.69) is 25.6 Å². The van der Waals surface area contributed by atoms with Crippen LogP contribution in [0.25, 0.3) is 0 Å². The van der Waals surface area contributed by atoms with Gasteiger partial charge < -0.3 is 10.2 Å². The van der Waals surface area contributed by atoms with Crippen molar-refractivity contribution in [2.45, 2.75) is 80.2 Å². The van der Waals surface area contributed by atoms with Gasteiger partial charge in [-0.3, -0.25) is 4.79 Å². The normalized spacial score (nSPS) is 19.6. The summed E-state index contributed by atoms with van der Waals surface area (Å²) in [6.07, 6.45) is 11.1. The highest BCUT2D eigenvalue weighted by molar-refractivity contribution is 7.89. The summed E-state index contributed by atoms with van der Waals surface area (Å²) in [5.74, 6) is 2.09. The first-order chi connectivity index (χ1) is 18.6. The van der Waals surface area contributed by atoms with Crippen molar-refractivity contribution in [2.24, 2.45) is 5.41 Å². The minimum Gasteiger partial charge on any atom is -0.371 e. The lowest BCUT2D eigenvalue weighted by Crippen LogP contribution is -2.40. The van der Waals surface area contributed by atoms with Gasteiger partial charge >= 0.3 is 0 Å². The molecule has 1 saturated heterocycles. The van der Waals surface area contributed by atoms with Gasteiger partial charge in [0.05, 0.1) is 26.6 Å². The second kappa shape index (κ2) is 9.87. The smallest absolute Gasteiger partial charge is 0.257 e. The first-order valence-electron chi connectivity index (χ1n) is 13.5. The predicted octanol–water partition coefficient (Wildman–Crippen LogP) is 3.84. The fourth-order valence-corrected chi connectivity index (χ4v) is 8.02. The second-order valence-electron chi connectivity index (χ2n) is 12.3. The average molecular weight is 585 g/mol. The predicted molar refractivity (Wildman–Crippen MR) is 155 cm³/mol. The SMILES string of the molecule is C#CC1(NS(=O)(=O)c2ccc(C(=O)Nc3cccc(S(=O)(=O)NC(C)(C)C)c3)c(N3CCC4(CC3)CC4)c2)CC1. The fourth-order valence-electron chi connectivity index (χ4n) is 5.15. The van der Waals surface area contributed by atoms with Gasteiger partial charge in [0.15, 0.2) is 0 Å². The molecular formula is C29H36N4O5S2. The zero-order valence-electron chi connectivity index (χ0n) is 23.1. The number of hydrogen-bond acceptors (Lipinski definition) is 6.